The molecule has 1 heterocycles. The van der Waals surface area contributed by atoms with Crippen molar-refractivity contribution in [2.24, 2.45) is 0 Å². The average molecular weight is 281 g/mol. The second-order valence-electron chi connectivity index (χ2n) is 6.94. The highest BCUT2D eigenvalue weighted by Gasteiger charge is 2.38. The molecule has 2 aliphatic rings. The van der Waals surface area contributed by atoms with Crippen molar-refractivity contribution in [1.82, 2.24) is 5.32 Å². The summed E-state index contributed by atoms with van der Waals surface area (Å²) in [6, 6.07) is 0.612. The summed E-state index contributed by atoms with van der Waals surface area (Å²) in [5, 5.41) is 3.84. The first-order chi connectivity index (χ1) is 9.79. The Bertz CT molecular complexity index is 262. The molecule has 0 bridgehead atoms. The van der Waals surface area contributed by atoms with E-state index in [1.807, 2.05) is 0 Å². The highest BCUT2D eigenvalue weighted by atomic mass is 16.5. The predicted octanol–water partition coefficient (Wildman–Crippen LogP) is 4.82. The number of fused-ring (bicyclic) bond motifs is 1. The van der Waals surface area contributed by atoms with Crippen LogP contribution in [0, 0.1) is 0 Å². The first-order valence-electron chi connectivity index (χ1n) is 9.21. The lowest BCUT2D eigenvalue weighted by atomic mass is 9.89. The van der Waals surface area contributed by atoms with Crippen molar-refractivity contribution in [3.05, 3.63) is 0 Å². The fourth-order valence-electron chi connectivity index (χ4n) is 3.88. The molecule has 0 aromatic heterocycles. The van der Waals surface area contributed by atoms with Gasteiger partial charge in [0.15, 0.2) is 0 Å². The van der Waals surface area contributed by atoms with Crippen LogP contribution in [0.2, 0.25) is 0 Å². The Kier molecular flexibility index (Phi) is 6.83. The Labute approximate surface area is 126 Å². The smallest absolute Gasteiger partial charge is 0.0805 e. The molecule has 0 amide bonds. The summed E-state index contributed by atoms with van der Waals surface area (Å²) in [6.45, 7) is 5.61. The highest BCUT2D eigenvalue weighted by molar-refractivity contribution is 4.92. The molecule has 2 atom stereocenters. The fraction of sp³-hybridized carbons (Fsp3) is 1.00. The van der Waals surface area contributed by atoms with Gasteiger partial charge >= 0.3 is 0 Å². The van der Waals surface area contributed by atoms with Gasteiger partial charge in [0.05, 0.1) is 11.7 Å². The largest absolute Gasteiger partial charge is 0.369 e. The van der Waals surface area contributed by atoms with E-state index in [1.165, 1.54) is 64.2 Å². The van der Waals surface area contributed by atoms with Crippen LogP contribution in [0.4, 0.5) is 0 Å². The molecule has 1 saturated carbocycles. The van der Waals surface area contributed by atoms with Crippen molar-refractivity contribution in [1.29, 1.82) is 0 Å². The molecule has 1 N–H and O–H groups in total. The minimum Gasteiger partial charge on any atom is -0.369 e. The third kappa shape index (κ3) is 4.46. The fourth-order valence-corrected chi connectivity index (χ4v) is 3.88. The topological polar surface area (TPSA) is 21.3 Å². The zero-order valence-corrected chi connectivity index (χ0v) is 13.8. The Morgan fingerprint density at radius 2 is 1.40 bits per heavy atom. The van der Waals surface area contributed by atoms with Gasteiger partial charge in [-0.3, -0.25) is 0 Å². The first kappa shape index (κ1) is 16.3. The molecular formula is C18H35NO. The van der Waals surface area contributed by atoms with E-state index < -0.39 is 0 Å². The lowest BCUT2D eigenvalue weighted by Crippen LogP contribution is -2.58. The van der Waals surface area contributed by atoms with Gasteiger partial charge < -0.3 is 10.1 Å². The third-order valence-electron chi connectivity index (χ3n) is 5.58. The third-order valence-corrected chi connectivity index (χ3v) is 5.58. The average Bonchev–Trinajstić information content (AvgIpc) is 2.48. The molecule has 2 fully saturated rings. The molecule has 0 radical (unpaired) electrons. The maximum atomic E-state index is 6.62. The summed E-state index contributed by atoms with van der Waals surface area (Å²) < 4.78 is 6.62. The molecule has 1 aliphatic carbocycles. The molecule has 0 aromatic rings. The summed E-state index contributed by atoms with van der Waals surface area (Å²) in [4.78, 5) is 0. The van der Waals surface area contributed by atoms with E-state index in [0.717, 1.165) is 19.4 Å². The molecule has 1 aliphatic heterocycles. The molecule has 2 rings (SSSR count). The van der Waals surface area contributed by atoms with E-state index in [-0.39, 0.29) is 5.60 Å². The molecule has 1 saturated heterocycles. The second-order valence-corrected chi connectivity index (χ2v) is 6.94. The molecule has 0 spiro atoms. The van der Waals surface area contributed by atoms with E-state index in [0.29, 0.717) is 12.1 Å². The van der Waals surface area contributed by atoms with Crippen LogP contribution >= 0.6 is 0 Å². The van der Waals surface area contributed by atoms with E-state index in [9.17, 15) is 0 Å². The summed E-state index contributed by atoms with van der Waals surface area (Å²) in [7, 11) is 0. The van der Waals surface area contributed by atoms with Crippen molar-refractivity contribution < 1.29 is 4.74 Å². The van der Waals surface area contributed by atoms with E-state index in [1.54, 1.807) is 0 Å². The maximum absolute atomic E-state index is 6.62. The minimum absolute atomic E-state index is 0.109. The predicted molar refractivity (Wildman–Crippen MR) is 86.1 cm³/mol. The minimum atomic E-state index is 0.109. The van der Waals surface area contributed by atoms with Gasteiger partial charge in [-0.05, 0) is 25.7 Å². The number of ether oxygens (including phenoxy) is 1. The number of nitrogens with one attached hydrogen (secondary N) is 1. The van der Waals surface area contributed by atoms with Crippen LogP contribution in [0.25, 0.3) is 0 Å². The van der Waals surface area contributed by atoms with Gasteiger partial charge in [-0.2, -0.15) is 0 Å². The second kappa shape index (κ2) is 8.38. The standard InChI is InChI=1S/C18H35NO/c1-3-18(4-2)15-19-16-13-11-9-7-5-6-8-10-12-14-17(16)20-18/h16-17,19H,3-15H2,1-2H3. The van der Waals surface area contributed by atoms with Gasteiger partial charge in [0.25, 0.3) is 0 Å². The van der Waals surface area contributed by atoms with Crippen LogP contribution in [-0.2, 0) is 4.74 Å². The van der Waals surface area contributed by atoms with Crippen molar-refractivity contribution in [2.45, 2.75) is 109 Å². The van der Waals surface area contributed by atoms with Gasteiger partial charge in [0, 0.05) is 12.6 Å². The van der Waals surface area contributed by atoms with Crippen molar-refractivity contribution >= 4 is 0 Å². The highest BCUT2D eigenvalue weighted by Crippen LogP contribution is 2.31. The summed E-state index contributed by atoms with van der Waals surface area (Å²) >= 11 is 0. The number of hydrogen-bond donors (Lipinski definition) is 1. The van der Waals surface area contributed by atoms with Gasteiger partial charge in [0.2, 0.25) is 0 Å². The Morgan fingerprint density at radius 3 is 2.00 bits per heavy atom. The molecule has 2 unspecified atom stereocenters. The van der Waals surface area contributed by atoms with Crippen LogP contribution in [0.15, 0.2) is 0 Å². The summed E-state index contributed by atoms with van der Waals surface area (Å²) in [5.74, 6) is 0. The molecule has 0 aromatic carbocycles. The van der Waals surface area contributed by atoms with Crippen LogP contribution < -0.4 is 5.32 Å². The molecule has 118 valence electrons. The van der Waals surface area contributed by atoms with Gasteiger partial charge in [-0.1, -0.05) is 65.2 Å². The normalized spacial score (nSPS) is 32.7. The monoisotopic (exact) mass is 281 g/mol. The van der Waals surface area contributed by atoms with Gasteiger partial charge in [0.1, 0.15) is 0 Å². The van der Waals surface area contributed by atoms with Gasteiger partial charge in [-0.15, -0.1) is 0 Å². The van der Waals surface area contributed by atoms with Crippen molar-refractivity contribution in [2.75, 3.05) is 6.54 Å². The molecular weight excluding hydrogens is 246 g/mol. The lowest BCUT2D eigenvalue weighted by Gasteiger charge is -2.45. The molecule has 2 nitrogen and oxygen atoms in total. The van der Waals surface area contributed by atoms with Crippen LogP contribution in [0.3, 0.4) is 0 Å². The SMILES string of the molecule is CCC1(CC)CNC2CCCCCCCCCCC2O1. The van der Waals surface area contributed by atoms with Crippen LogP contribution in [0.5, 0.6) is 0 Å². The lowest BCUT2D eigenvalue weighted by molar-refractivity contribution is -0.143. The molecule has 20 heavy (non-hydrogen) atoms. The zero-order chi connectivity index (χ0) is 14.3. The van der Waals surface area contributed by atoms with Gasteiger partial charge in [-0.25, -0.2) is 0 Å². The summed E-state index contributed by atoms with van der Waals surface area (Å²) in [6.07, 6.45) is 16.6. The van der Waals surface area contributed by atoms with E-state index in [4.69, 9.17) is 4.74 Å². The Morgan fingerprint density at radius 1 is 0.850 bits per heavy atom. The number of hydrogen-bond acceptors (Lipinski definition) is 2. The van der Waals surface area contributed by atoms with Crippen molar-refractivity contribution in [3.8, 4) is 0 Å². The van der Waals surface area contributed by atoms with Crippen molar-refractivity contribution in [3.63, 3.8) is 0 Å². The first-order valence-corrected chi connectivity index (χ1v) is 9.21. The van der Waals surface area contributed by atoms with Crippen LogP contribution in [0.1, 0.15) is 90.9 Å². The number of morpholine rings is 1. The number of rotatable bonds is 2. The van der Waals surface area contributed by atoms with E-state index in [2.05, 4.69) is 19.2 Å². The molecule has 2 heteroatoms. The van der Waals surface area contributed by atoms with E-state index >= 15 is 0 Å². The quantitative estimate of drug-likeness (QED) is 0.783. The Balaban J connectivity index is 1.93. The zero-order valence-electron chi connectivity index (χ0n) is 13.8. The Hall–Kier alpha value is -0.0800. The maximum Gasteiger partial charge on any atom is 0.0805 e. The van der Waals surface area contributed by atoms with Crippen LogP contribution in [-0.4, -0.2) is 24.3 Å². The summed E-state index contributed by atoms with van der Waals surface area (Å²) in [5.41, 5.74) is 0.109.